The van der Waals surface area contributed by atoms with Crippen molar-refractivity contribution in [2.45, 2.75) is 25.3 Å². The Morgan fingerprint density at radius 2 is 2.05 bits per heavy atom. The molecule has 0 aliphatic rings. The second-order valence-corrected chi connectivity index (χ2v) is 6.15. The normalized spacial score (nSPS) is 14.7. The van der Waals surface area contributed by atoms with Crippen LogP contribution < -0.4 is 11.1 Å². The van der Waals surface area contributed by atoms with Crippen molar-refractivity contribution >= 4 is 28.1 Å². The summed E-state index contributed by atoms with van der Waals surface area (Å²) in [6.45, 7) is 3.15. The SMILES string of the molecule is CCS(=O)C(C)C(=O)Nc1ccc(C(F)(F)F)cc1N. The smallest absolute Gasteiger partial charge is 0.397 e. The molecular weight excluding hydrogens is 293 g/mol. The largest absolute Gasteiger partial charge is 0.416 e. The van der Waals surface area contributed by atoms with Crippen molar-refractivity contribution in [1.29, 1.82) is 0 Å². The van der Waals surface area contributed by atoms with Gasteiger partial charge in [0.15, 0.2) is 0 Å². The molecule has 0 aliphatic heterocycles. The highest BCUT2D eigenvalue weighted by atomic mass is 32.2. The van der Waals surface area contributed by atoms with Crippen molar-refractivity contribution in [2.24, 2.45) is 0 Å². The van der Waals surface area contributed by atoms with Crippen LogP contribution in [-0.4, -0.2) is 21.1 Å². The van der Waals surface area contributed by atoms with E-state index in [9.17, 15) is 22.2 Å². The van der Waals surface area contributed by atoms with E-state index < -0.39 is 33.7 Å². The zero-order valence-electron chi connectivity index (χ0n) is 11.0. The molecule has 3 N–H and O–H groups in total. The number of hydrogen-bond acceptors (Lipinski definition) is 3. The summed E-state index contributed by atoms with van der Waals surface area (Å²) in [5, 5.41) is 1.62. The van der Waals surface area contributed by atoms with Gasteiger partial charge in [0.2, 0.25) is 5.91 Å². The Morgan fingerprint density at radius 1 is 1.45 bits per heavy atom. The molecule has 1 amide bonds. The molecule has 0 heterocycles. The second-order valence-electron chi connectivity index (χ2n) is 4.10. The Balaban J connectivity index is 2.89. The summed E-state index contributed by atoms with van der Waals surface area (Å²) in [4.78, 5) is 11.8. The van der Waals surface area contributed by atoms with Gasteiger partial charge in [-0.1, -0.05) is 6.92 Å². The lowest BCUT2D eigenvalue weighted by molar-refractivity contribution is -0.137. The summed E-state index contributed by atoms with van der Waals surface area (Å²) in [6.07, 6.45) is -4.49. The second kappa shape index (κ2) is 6.25. The first-order valence-electron chi connectivity index (χ1n) is 5.81. The predicted molar refractivity (Wildman–Crippen MR) is 72.6 cm³/mol. The number of hydrogen-bond donors (Lipinski definition) is 2. The molecule has 4 nitrogen and oxygen atoms in total. The number of rotatable bonds is 4. The minimum Gasteiger partial charge on any atom is -0.397 e. The minimum absolute atomic E-state index is 0.0722. The molecule has 0 bridgehead atoms. The Morgan fingerprint density at radius 3 is 2.50 bits per heavy atom. The van der Waals surface area contributed by atoms with Crippen LogP contribution in [0.5, 0.6) is 0 Å². The topological polar surface area (TPSA) is 72.2 Å². The number of nitrogen functional groups attached to an aromatic ring is 1. The van der Waals surface area contributed by atoms with Gasteiger partial charge < -0.3 is 11.1 Å². The zero-order chi connectivity index (χ0) is 15.5. The van der Waals surface area contributed by atoms with Gasteiger partial charge in [-0.25, -0.2) is 0 Å². The third-order valence-electron chi connectivity index (χ3n) is 2.68. The van der Waals surface area contributed by atoms with E-state index in [0.29, 0.717) is 5.75 Å². The van der Waals surface area contributed by atoms with Crippen LogP contribution in [0.4, 0.5) is 24.5 Å². The molecule has 0 radical (unpaired) electrons. The highest BCUT2D eigenvalue weighted by Crippen LogP contribution is 2.32. The maximum absolute atomic E-state index is 12.5. The monoisotopic (exact) mass is 308 g/mol. The van der Waals surface area contributed by atoms with E-state index in [1.54, 1.807) is 6.92 Å². The van der Waals surface area contributed by atoms with Crippen LogP contribution in [0.2, 0.25) is 0 Å². The number of nitrogens with two attached hydrogens (primary N) is 1. The van der Waals surface area contributed by atoms with Crippen LogP contribution in [0.3, 0.4) is 0 Å². The van der Waals surface area contributed by atoms with Crippen LogP contribution >= 0.6 is 0 Å². The van der Waals surface area contributed by atoms with E-state index in [4.69, 9.17) is 5.73 Å². The Labute approximate surface area is 117 Å². The van der Waals surface area contributed by atoms with Gasteiger partial charge >= 0.3 is 6.18 Å². The van der Waals surface area contributed by atoms with Crippen molar-refractivity contribution in [3.05, 3.63) is 23.8 Å². The van der Waals surface area contributed by atoms with Crippen LogP contribution in [0, 0.1) is 0 Å². The molecule has 0 saturated carbocycles. The minimum atomic E-state index is -4.49. The summed E-state index contributed by atoms with van der Waals surface area (Å²) in [5.41, 5.74) is 4.47. The van der Waals surface area contributed by atoms with Gasteiger partial charge in [-0.15, -0.1) is 0 Å². The van der Waals surface area contributed by atoms with E-state index in [-0.39, 0.29) is 11.4 Å². The standard InChI is InChI=1S/C12H15F3N2O2S/c1-3-20(19)7(2)11(18)17-10-5-4-8(6-9(10)16)12(13,14)15/h4-7H,3,16H2,1-2H3,(H,17,18). The number of halogens is 3. The first-order chi connectivity index (χ1) is 9.16. The van der Waals surface area contributed by atoms with Gasteiger partial charge in [-0.2, -0.15) is 13.2 Å². The molecule has 112 valence electrons. The van der Waals surface area contributed by atoms with Crippen molar-refractivity contribution < 1.29 is 22.2 Å². The molecule has 0 aromatic heterocycles. The van der Waals surface area contributed by atoms with Crippen molar-refractivity contribution in [2.75, 3.05) is 16.8 Å². The number of benzene rings is 1. The van der Waals surface area contributed by atoms with Gasteiger partial charge in [0.25, 0.3) is 0 Å². The number of anilines is 2. The first-order valence-corrected chi connectivity index (χ1v) is 7.19. The van der Waals surface area contributed by atoms with E-state index in [1.807, 2.05) is 0 Å². The molecule has 0 aliphatic carbocycles. The van der Waals surface area contributed by atoms with Gasteiger partial charge in [0.1, 0.15) is 5.25 Å². The molecule has 0 spiro atoms. The number of carbonyl (C=O) groups excluding carboxylic acids is 1. The highest BCUT2D eigenvalue weighted by Gasteiger charge is 2.31. The number of carbonyl (C=O) groups is 1. The molecule has 0 fully saturated rings. The van der Waals surface area contributed by atoms with E-state index in [2.05, 4.69) is 5.32 Å². The summed E-state index contributed by atoms with van der Waals surface area (Å²) >= 11 is 0. The van der Waals surface area contributed by atoms with Gasteiger partial charge in [0.05, 0.1) is 16.9 Å². The van der Waals surface area contributed by atoms with Gasteiger partial charge in [-0.05, 0) is 25.1 Å². The third kappa shape index (κ3) is 3.96. The lowest BCUT2D eigenvalue weighted by Gasteiger charge is -2.14. The highest BCUT2D eigenvalue weighted by molar-refractivity contribution is 7.86. The quantitative estimate of drug-likeness (QED) is 0.839. The summed E-state index contributed by atoms with van der Waals surface area (Å²) in [7, 11) is -1.33. The average Bonchev–Trinajstić information content (AvgIpc) is 2.37. The Hall–Kier alpha value is -1.57. The summed E-state index contributed by atoms with van der Waals surface area (Å²) in [5.74, 6) is -0.228. The summed E-state index contributed by atoms with van der Waals surface area (Å²) < 4.78 is 48.9. The molecule has 2 atom stereocenters. The average molecular weight is 308 g/mol. The lowest BCUT2D eigenvalue weighted by Crippen LogP contribution is -2.30. The Kier molecular flexibility index (Phi) is 5.15. The predicted octanol–water partition coefficient (Wildman–Crippen LogP) is 2.38. The Bertz CT molecular complexity index is 532. The molecule has 2 unspecified atom stereocenters. The zero-order valence-corrected chi connectivity index (χ0v) is 11.8. The molecule has 1 aromatic carbocycles. The molecule has 1 rings (SSSR count). The fourth-order valence-electron chi connectivity index (χ4n) is 1.46. The van der Waals surface area contributed by atoms with Gasteiger partial charge in [-0.3, -0.25) is 9.00 Å². The first kappa shape index (κ1) is 16.5. The van der Waals surface area contributed by atoms with E-state index >= 15 is 0 Å². The number of alkyl halides is 3. The van der Waals surface area contributed by atoms with Crippen LogP contribution in [0.1, 0.15) is 19.4 Å². The van der Waals surface area contributed by atoms with E-state index in [1.165, 1.54) is 6.92 Å². The fourth-order valence-corrected chi connectivity index (χ4v) is 2.25. The maximum Gasteiger partial charge on any atom is 0.416 e. The third-order valence-corrected chi connectivity index (χ3v) is 4.26. The van der Waals surface area contributed by atoms with Crippen molar-refractivity contribution in [1.82, 2.24) is 0 Å². The maximum atomic E-state index is 12.5. The molecule has 8 heteroatoms. The number of nitrogens with one attached hydrogen (secondary N) is 1. The number of amides is 1. The summed E-state index contributed by atoms with van der Waals surface area (Å²) in [6, 6.07) is 2.65. The molecule has 0 saturated heterocycles. The van der Waals surface area contributed by atoms with Crippen molar-refractivity contribution in [3.63, 3.8) is 0 Å². The van der Waals surface area contributed by atoms with Crippen LogP contribution in [0.15, 0.2) is 18.2 Å². The van der Waals surface area contributed by atoms with E-state index in [0.717, 1.165) is 18.2 Å². The van der Waals surface area contributed by atoms with Gasteiger partial charge in [0, 0.05) is 16.6 Å². The van der Waals surface area contributed by atoms with Crippen LogP contribution in [-0.2, 0) is 21.8 Å². The fraction of sp³-hybridized carbons (Fsp3) is 0.417. The lowest BCUT2D eigenvalue weighted by atomic mass is 10.1. The molecule has 20 heavy (non-hydrogen) atoms. The van der Waals surface area contributed by atoms with Crippen LogP contribution in [0.25, 0.3) is 0 Å². The molecule has 1 aromatic rings. The molecular formula is C12H15F3N2O2S. The van der Waals surface area contributed by atoms with Crippen molar-refractivity contribution in [3.8, 4) is 0 Å².